The summed E-state index contributed by atoms with van der Waals surface area (Å²) in [6, 6.07) is 76.0. The van der Waals surface area contributed by atoms with Crippen molar-refractivity contribution < 1.29 is 8.83 Å². The molecule has 3 aromatic heterocycles. The van der Waals surface area contributed by atoms with E-state index in [1.54, 1.807) is 0 Å². The van der Waals surface area contributed by atoms with Crippen molar-refractivity contribution in [2.75, 3.05) is 4.90 Å². The summed E-state index contributed by atoms with van der Waals surface area (Å²) in [5.74, 6) is 0. The Labute approximate surface area is 360 Å². The van der Waals surface area contributed by atoms with E-state index in [1.807, 2.05) is 23.5 Å². The molecule has 0 N–H and O–H groups in total. The number of rotatable bonds is 6. The summed E-state index contributed by atoms with van der Waals surface area (Å²) in [6.45, 7) is 0. The highest BCUT2D eigenvalue weighted by Gasteiger charge is 2.22. The molecular weight excluding hydrogens is 775 g/mol. The summed E-state index contributed by atoms with van der Waals surface area (Å²) >= 11 is 1.86. The third kappa shape index (κ3) is 5.44. The Balaban J connectivity index is 0.991. The molecule has 4 heteroatoms. The van der Waals surface area contributed by atoms with E-state index in [1.165, 1.54) is 47.6 Å². The molecule has 13 aromatic rings. The van der Waals surface area contributed by atoms with Gasteiger partial charge in [0.05, 0.1) is 0 Å². The number of furan rings is 2. The highest BCUT2D eigenvalue weighted by molar-refractivity contribution is 7.26. The third-order valence-corrected chi connectivity index (χ3v) is 13.7. The number of anilines is 3. The zero-order chi connectivity index (χ0) is 40.7. The van der Waals surface area contributed by atoms with E-state index in [0.717, 1.165) is 77.6 Å². The van der Waals surface area contributed by atoms with Crippen LogP contribution in [-0.4, -0.2) is 0 Å². The van der Waals surface area contributed by atoms with E-state index >= 15 is 0 Å². The van der Waals surface area contributed by atoms with Crippen LogP contribution in [0.25, 0.3) is 108 Å². The van der Waals surface area contributed by atoms with E-state index < -0.39 is 0 Å². The van der Waals surface area contributed by atoms with Gasteiger partial charge < -0.3 is 13.7 Å². The molecule has 0 saturated heterocycles. The molecule has 0 unspecified atom stereocenters. The van der Waals surface area contributed by atoms with Crippen molar-refractivity contribution in [1.29, 1.82) is 0 Å². The summed E-state index contributed by atoms with van der Waals surface area (Å²) in [5, 5.41) is 9.36. The van der Waals surface area contributed by atoms with E-state index in [0.29, 0.717) is 0 Å². The van der Waals surface area contributed by atoms with Crippen molar-refractivity contribution in [3.05, 3.63) is 212 Å². The number of para-hydroxylation sites is 2. The van der Waals surface area contributed by atoms with Crippen molar-refractivity contribution in [3.63, 3.8) is 0 Å². The Morgan fingerprint density at radius 3 is 1.76 bits per heavy atom. The summed E-state index contributed by atoms with van der Waals surface area (Å²) < 4.78 is 16.0. The van der Waals surface area contributed by atoms with Gasteiger partial charge in [0.15, 0.2) is 0 Å². The van der Waals surface area contributed by atoms with Gasteiger partial charge in [-0.05, 0) is 88.1 Å². The molecule has 0 spiro atoms. The van der Waals surface area contributed by atoms with E-state index in [4.69, 9.17) is 8.83 Å². The highest BCUT2D eigenvalue weighted by Crippen LogP contribution is 2.48. The fraction of sp³-hybridized carbons (Fsp3) is 0. The van der Waals surface area contributed by atoms with Crippen LogP contribution in [-0.2, 0) is 0 Å². The zero-order valence-corrected chi connectivity index (χ0v) is 34.2. The second-order valence-electron chi connectivity index (χ2n) is 16.0. The first-order chi connectivity index (χ1) is 30.7. The fourth-order valence-electron chi connectivity index (χ4n) is 9.56. The first kappa shape index (κ1) is 34.9. The molecule has 3 heterocycles. The van der Waals surface area contributed by atoms with Crippen LogP contribution in [0.2, 0.25) is 0 Å². The Kier molecular flexibility index (Phi) is 7.78. The molecule has 62 heavy (non-hydrogen) atoms. The lowest BCUT2D eigenvalue weighted by Crippen LogP contribution is -2.09. The average Bonchev–Trinajstić information content (AvgIpc) is 4.03. The van der Waals surface area contributed by atoms with Crippen LogP contribution in [0, 0.1) is 0 Å². The van der Waals surface area contributed by atoms with E-state index in [2.05, 4.69) is 205 Å². The van der Waals surface area contributed by atoms with Crippen molar-refractivity contribution in [2.45, 2.75) is 0 Å². The van der Waals surface area contributed by atoms with Gasteiger partial charge in [-0.15, -0.1) is 11.3 Å². The second kappa shape index (κ2) is 13.8. The Morgan fingerprint density at radius 1 is 0.339 bits per heavy atom. The van der Waals surface area contributed by atoms with Crippen LogP contribution < -0.4 is 4.90 Å². The van der Waals surface area contributed by atoms with Crippen LogP contribution in [0.5, 0.6) is 0 Å². The lowest BCUT2D eigenvalue weighted by molar-refractivity contribution is 0.670. The molecule has 0 saturated carbocycles. The maximum atomic E-state index is 6.98. The third-order valence-electron chi connectivity index (χ3n) is 12.5. The Bertz CT molecular complexity index is 3860. The minimum atomic E-state index is 0.859. The van der Waals surface area contributed by atoms with Crippen molar-refractivity contribution in [2.24, 2.45) is 0 Å². The van der Waals surface area contributed by atoms with Crippen LogP contribution in [0.1, 0.15) is 0 Å². The Hall–Kier alpha value is -7.92. The molecule has 13 rings (SSSR count). The van der Waals surface area contributed by atoms with Gasteiger partial charge in [-0.25, -0.2) is 0 Å². The predicted octanol–water partition coefficient (Wildman–Crippen LogP) is 17.5. The van der Waals surface area contributed by atoms with Crippen molar-refractivity contribution >= 4 is 103 Å². The summed E-state index contributed by atoms with van der Waals surface area (Å²) in [6.07, 6.45) is 0. The van der Waals surface area contributed by atoms with Crippen molar-refractivity contribution in [1.82, 2.24) is 0 Å². The molecule has 0 radical (unpaired) electrons. The smallest absolute Gasteiger partial charge is 0.143 e. The van der Waals surface area contributed by atoms with Crippen LogP contribution in [0.4, 0.5) is 17.1 Å². The molecule has 0 amide bonds. The number of benzene rings is 10. The van der Waals surface area contributed by atoms with E-state index in [9.17, 15) is 0 Å². The molecule has 0 atom stereocenters. The molecule has 0 fully saturated rings. The standard InChI is InChI=1S/C58H35NO2S/c1-2-12-36(13-3-1)37-24-28-40(29-25-37)59(41-30-26-38(27-31-41)44-18-10-19-47-45-16-6-8-22-52(45)60-56(44)47)42-32-33-53-50(35-42)51-34-39-14-4-5-15-43(39)55(57(51)61-53)49-21-11-20-48-46-17-7-9-23-54(46)62-58(48)49/h1-35H. The summed E-state index contributed by atoms with van der Waals surface area (Å²) in [7, 11) is 0. The first-order valence-electron chi connectivity index (χ1n) is 21.0. The maximum absolute atomic E-state index is 6.98. The van der Waals surface area contributed by atoms with Gasteiger partial charge in [-0.2, -0.15) is 0 Å². The fourth-order valence-corrected chi connectivity index (χ4v) is 10.8. The zero-order valence-electron chi connectivity index (χ0n) is 33.4. The van der Waals surface area contributed by atoms with Gasteiger partial charge in [-0.1, -0.05) is 152 Å². The number of hydrogen-bond donors (Lipinski definition) is 0. The van der Waals surface area contributed by atoms with Gasteiger partial charge >= 0.3 is 0 Å². The largest absolute Gasteiger partial charge is 0.455 e. The van der Waals surface area contributed by atoms with Gasteiger partial charge in [-0.3, -0.25) is 0 Å². The molecule has 0 aliphatic rings. The van der Waals surface area contributed by atoms with Gasteiger partial charge in [0.25, 0.3) is 0 Å². The summed E-state index contributed by atoms with van der Waals surface area (Å²) in [5.41, 5.74) is 13.6. The Morgan fingerprint density at radius 2 is 0.935 bits per heavy atom. The average molecular weight is 810 g/mol. The van der Waals surface area contributed by atoms with Gasteiger partial charge in [0.1, 0.15) is 22.3 Å². The topological polar surface area (TPSA) is 29.5 Å². The van der Waals surface area contributed by atoms with E-state index in [-0.39, 0.29) is 0 Å². The van der Waals surface area contributed by atoms with Crippen LogP contribution in [0.15, 0.2) is 221 Å². The molecule has 0 aliphatic heterocycles. The van der Waals surface area contributed by atoms with Crippen LogP contribution >= 0.6 is 11.3 Å². The molecule has 0 bridgehead atoms. The normalized spacial score (nSPS) is 11.9. The molecule has 10 aromatic carbocycles. The molecule has 290 valence electrons. The quantitative estimate of drug-likeness (QED) is 0.168. The lowest BCUT2D eigenvalue weighted by atomic mass is 9.94. The number of thiophene rings is 1. The second-order valence-corrected chi connectivity index (χ2v) is 17.0. The minimum absolute atomic E-state index is 0.859. The number of nitrogens with zero attached hydrogens (tertiary/aromatic N) is 1. The highest BCUT2D eigenvalue weighted by atomic mass is 32.1. The molecule has 0 aliphatic carbocycles. The lowest BCUT2D eigenvalue weighted by Gasteiger charge is -2.26. The summed E-state index contributed by atoms with van der Waals surface area (Å²) in [4.78, 5) is 2.35. The van der Waals surface area contributed by atoms with Crippen LogP contribution in [0.3, 0.4) is 0 Å². The van der Waals surface area contributed by atoms with Gasteiger partial charge in [0.2, 0.25) is 0 Å². The van der Waals surface area contributed by atoms with Crippen molar-refractivity contribution in [3.8, 4) is 33.4 Å². The number of hydrogen-bond acceptors (Lipinski definition) is 4. The van der Waals surface area contributed by atoms with Gasteiger partial charge in [0, 0.05) is 75.5 Å². The predicted molar refractivity (Wildman–Crippen MR) is 262 cm³/mol. The number of fused-ring (bicyclic) bond motifs is 10. The minimum Gasteiger partial charge on any atom is -0.455 e. The first-order valence-corrected chi connectivity index (χ1v) is 21.8. The SMILES string of the molecule is c1ccc(-c2ccc(N(c3ccc(-c4cccc5c4oc4ccccc45)cc3)c3ccc4oc5c(-c6cccc7c6sc6ccccc67)c6ccccc6cc5c4c3)cc2)cc1. The maximum Gasteiger partial charge on any atom is 0.143 e. The monoisotopic (exact) mass is 809 g/mol. The molecule has 3 nitrogen and oxygen atoms in total. The molecular formula is C58H35NO2S.